The van der Waals surface area contributed by atoms with Crippen molar-refractivity contribution in [2.75, 3.05) is 0 Å². The molecule has 1 aliphatic carbocycles. The molecule has 0 amide bonds. The van der Waals surface area contributed by atoms with Gasteiger partial charge in [-0.2, -0.15) is 0 Å². The molecule has 120 valence electrons. The molecule has 0 aromatic heterocycles. The Bertz CT molecular complexity index is 729. The Labute approximate surface area is 134 Å². The van der Waals surface area contributed by atoms with Crippen molar-refractivity contribution >= 4 is 11.9 Å². The number of hydrogen-bond donors (Lipinski definition) is 1. The van der Waals surface area contributed by atoms with Crippen LogP contribution < -0.4 is 0 Å². The lowest BCUT2D eigenvalue weighted by molar-refractivity contribution is -0.153. The van der Waals surface area contributed by atoms with Crippen LogP contribution in [0.4, 0.5) is 0 Å². The predicted octanol–water partition coefficient (Wildman–Crippen LogP) is 2.92. The van der Waals surface area contributed by atoms with Gasteiger partial charge in [0, 0.05) is 17.1 Å². The minimum atomic E-state index is -1.02. The number of rotatable bonds is 4. The lowest BCUT2D eigenvalue weighted by atomic mass is 9.93. The van der Waals surface area contributed by atoms with Crippen LogP contribution in [-0.2, 0) is 25.5 Å². The summed E-state index contributed by atoms with van der Waals surface area (Å²) >= 11 is 0. The number of carboxylic acid groups (broad SMARTS) is 1. The molecule has 0 bridgehead atoms. The fourth-order valence-electron chi connectivity index (χ4n) is 3.04. The number of esters is 1. The molecular weight excluding hydrogens is 296 g/mol. The average Bonchev–Trinajstić information content (AvgIpc) is 3.05. The fourth-order valence-corrected chi connectivity index (χ4v) is 3.04. The second kappa shape index (κ2) is 5.91. The summed E-state index contributed by atoms with van der Waals surface area (Å²) in [6, 6.07) is 7.84. The summed E-state index contributed by atoms with van der Waals surface area (Å²) in [7, 11) is 0. The minimum absolute atomic E-state index is 0.184. The monoisotopic (exact) mass is 314 g/mol. The van der Waals surface area contributed by atoms with Gasteiger partial charge in [-0.15, -0.1) is 0 Å². The van der Waals surface area contributed by atoms with Gasteiger partial charge in [-0.05, 0) is 37.8 Å². The van der Waals surface area contributed by atoms with Gasteiger partial charge in [-0.3, -0.25) is 0 Å². The van der Waals surface area contributed by atoms with E-state index in [9.17, 15) is 14.7 Å². The molecule has 1 aliphatic heterocycles. The molecular formula is C18H18O5. The van der Waals surface area contributed by atoms with Crippen molar-refractivity contribution in [3.63, 3.8) is 0 Å². The number of carboxylic acids is 1. The Kier molecular flexibility index (Phi) is 3.94. The lowest BCUT2D eigenvalue weighted by Gasteiger charge is -2.15. The zero-order valence-electron chi connectivity index (χ0n) is 13.0. The largest absolute Gasteiger partial charge is 0.478 e. The number of cyclic esters (lactones) is 1. The van der Waals surface area contributed by atoms with Gasteiger partial charge in [0.2, 0.25) is 0 Å². The molecule has 1 aromatic rings. The van der Waals surface area contributed by atoms with E-state index in [0.717, 1.165) is 18.4 Å². The molecule has 5 nitrogen and oxygen atoms in total. The maximum atomic E-state index is 11.6. The number of fused-ring (bicyclic) bond motifs is 1. The first kappa shape index (κ1) is 15.3. The Balaban J connectivity index is 1.84. The predicted molar refractivity (Wildman–Crippen MR) is 82.6 cm³/mol. The first-order chi connectivity index (χ1) is 11.0. The van der Waals surface area contributed by atoms with Crippen LogP contribution in [0.15, 0.2) is 47.2 Å². The maximum absolute atomic E-state index is 11.6. The Morgan fingerprint density at radius 2 is 2.09 bits per heavy atom. The molecule has 0 spiro atoms. The fraction of sp³-hybridized carbons (Fsp3) is 0.333. The first-order valence-electron chi connectivity index (χ1n) is 7.54. The standard InChI is InChI=1S/C18H18O5/c1-10-11(2)18(23-17(10)21)22-9-15(16(19)20)14-8-7-12-5-3-4-6-13(12)14/h3-6,9,14,18H,7-8H2,1-2H3,(H,19,20)/b15-9+. The van der Waals surface area contributed by atoms with E-state index in [0.29, 0.717) is 11.1 Å². The molecule has 23 heavy (non-hydrogen) atoms. The normalized spacial score (nSPS) is 23.7. The van der Waals surface area contributed by atoms with Crippen molar-refractivity contribution in [3.8, 4) is 0 Å². The Hall–Kier alpha value is -2.56. The van der Waals surface area contributed by atoms with Crippen LogP contribution in [0, 0.1) is 0 Å². The third kappa shape index (κ3) is 2.74. The molecule has 0 fully saturated rings. The second-order valence-electron chi connectivity index (χ2n) is 5.85. The number of aliphatic carboxylic acids is 1. The van der Waals surface area contributed by atoms with E-state index in [-0.39, 0.29) is 11.5 Å². The van der Waals surface area contributed by atoms with Crippen LogP contribution in [0.3, 0.4) is 0 Å². The van der Waals surface area contributed by atoms with Gasteiger partial charge >= 0.3 is 11.9 Å². The quantitative estimate of drug-likeness (QED) is 0.525. The highest BCUT2D eigenvalue weighted by Crippen LogP contribution is 2.38. The van der Waals surface area contributed by atoms with Crippen molar-refractivity contribution in [3.05, 3.63) is 58.4 Å². The van der Waals surface area contributed by atoms with Crippen LogP contribution in [0.1, 0.15) is 37.3 Å². The first-order valence-corrected chi connectivity index (χ1v) is 7.54. The van der Waals surface area contributed by atoms with Gasteiger partial charge < -0.3 is 14.6 Å². The highest BCUT2D eigenvalue weighted by Gasteiger charge is 2.32. The van der Waals surface area contributed by atoms with Crippen molar-refractivity contribution in [1.29, 1.82) is 0 Å². The smallest absolute Gasteiger partial charge is 0.337 e. The third-order valence-corrected chi connectivity index (χ3v) is 4.54. The van der Waals surface area contributed by atoms with Gasteiger partial charge in [0.1, 0.15) is 0 Å². The summed E-state index contributed by atoms with van der Waals surface area (Å²) in [5.41, 5.74) is 3.55. The molecule has 3 rings (SSSR count). The maximum Gasteiger partial charge on any atom is 0.337 e. The number of ether oxygens (including phenoxy) is 2. The van der Waals surface area contributed by atoms with E-state index >= 15 is 0 Å². The number of hydrogen-bond acceptors (Lipinski definition) is 4. The van der Waals surface area contributed by atoms with E-state index in [4.69, 9.17) is 9.47 Å². The van der Waals surface area contributed by atoms with Crippen LogP contribution in [-0.4, -0.2) is 23.3 Å². The number of carbonyl (C=O) groups is 2. The van der Waals surface area contributed by atoms with Crippen molar-refractivity contribution in [2.24, 2.45) is 0 Å². The van der Waals surface area contributed by atoms with Gasteiger partial charge in [0.15, 0.2) is 0 Å². The van der Waals surface area contributed by atoms with E-state index in [2.05, 4.69) is 0 Å². The number of carbonyl (C=O) groups excluding carboxylic acids is 1. The number of aryl methyl sites for hydroxylation is 1. The Morgan fingerprint density at radius 3 is 2.74 bits per heavy atom. The summed E-state index contributed by atoms with van der Waals surface area (Å²) < 4.78 is 10.5. The minimum Gasteiger partial charge on any atom is -0.478 e. The third-order valence-electron chi connectivity index (χ3n) is 4.54. The van der Waals surface area contributed by atoms with Crippen LogP contribution >= 0.6 is 0 Å². The Morgan fingerprint density at radius 1 is 1.35 bits per heavy atom. The topological polar surface area (TPSA) is 72.8 Å². The second-order valence-corrected chi connectivity index (χ2v) is 5.85. The molecule has 2 aliphatic rings. The summed E-state index contributed by atoms with van der Waals surface area (Å²) in [6.07, 6.45) is 1.98. The summed E-state index contributed by atoms with van der Waals surface area (Å²) in [5, 5.41) is 9.53. The van der Waals surface area contributed by atoms with Crippen molar-refractivity contribution in [2.45, 2.75) is 38.9 Å². The van der Waals surface area contributed by atoms with Gasteiger partial charge in [-0.1, -0.05) is 24.3 Å². The molecule has 2 atom stereocenters. The lowest BCUT2D eigenvalue weighted by Crippen LogP contribution is -2.15. The molecule has 1 aromatic carbocycles. The zero-order chi connectivity index (χ0) is 16.6. The van der Waals surface area contributed by atoms with E-state index in [1.165, 1.54) is 11.8 Å². The van der Waals surface area contributed by atoms with Crippen molar-refractivity contribution in [1.82, 2.24) is 0 Å². The van der Waals surface area contributed by atoms with Crippen molar-refractivity contribution < 1.29 is 24.2 Å². The van der Waals surface area contributed by atoms with E-state index < -0.39 is 18.2 Å². The molecule has 1 heterocycles. The molecule has 5 heteroatoms. The van der Waals surface area contributed by atoms with Gasteiger partial charge in [0.25, 0.3) is 6.29 Å². The highest BCUT2D eigenvalue weighted by atomic mass is 16.7. The summed E-state index contributed by atoms with van der Waals surface area (Å²) in [5.74, 6) is -1.65. The number of benzene rings is 1. The van der Waals surface area contributed by atoms with Crippen LogP contribution in [0.5, 0.6) is 0 Å². The van der Waals surface area contributed by atoms with Crippen LogP contribution in [0.25, 0.3) is 0 Å². The molecule has 0 saturated carbocycles. The molecule has 0 radical (unpaired) electrons. The average molecular weight is 314 g/mol. The summed E-state index contributed by atoms with van der Waals surface area (Å²) in [6.45, 7) is 3.40. The van der Waals surface area contributed by atoms with E-state index in [1.54, 1.807) is 13.8 Å². The zero-order valence-corrected chi connectivity index (χ0v) is 13.0. The molecule has 1 N–H and O–H groups in total. The molecule has 2 unspecified atom stereocenters. The van der Waals surface area contributed by atoms with Crippen LogP contribution in [0.2, 0.25) is 0 Å². The highest BCUT2D eigenvalue weighted by molar-refractivity contribution is 5.91. The summed E-state index contributed by atoms with van der Waals surface area (Å²) in [4.78, 5) is 23.1. The van der Waals surface area contributed by atoms with Gasteiger partial charge in [-0.25, -0.2) is 9.59 Å². The SMILES string of the molecule is CC1=C(C)C(O/C=C(/C(=O)O)C2CCc3ccccc32)OC1=O. The van der Waals surface area contributed by atoms with Gasteiger partial charge in [0.05, 0.1) is 11.8 Å². The molecule has 0 saturated heterocycles. The van der Waals surface area contributed by atoms with E-state index in [1.807, 2.05) is 24.3 Å².